The summed E-state index contributed by atoms with van der Waals surface area (Å²) < 4.78 is 2.21. The van der Waals surface area contributed by atoms with Crippen LogP contribution in [0, 0.1) is 6.92 Å². The maximum absolute atomic E-state index is 4.82. The molecule has 0 saturated heterocycles. The minimum Gasteiger partial charge on any atom is -0.367 e. The van der Waals surface area contributed by atoms with Crippen LogP contribution in [0.5, 0.6) is 0 Å². The largest absolute Gasteiger partial charge is 0.367 e. The first-order chi connectivity index (χ1) is 9.15. The molecule has 1 fully saturated rings. The molecule has 1 N–H and O–H groups in total. The molecule has 2 aromatic heterocycles. The Hall–Kier alpha value is -1.51. The van der Waals surface area contributed by atoms with Gasteiger partial charge in [0.25, 0.3) is 0 Å². The number of aryl methyl sites for hydroxylation is 1. The zero-order valence-electron chi connectivity index (χ0n) is 12.1. The highest BCUT2D eigenvalue weighted by molar-refractivity contribution is 5.57. The minimum atomic E-state index is 0.448. The van der Waals surface area contributed by atoms with E-state index in [4.69, 9.17) is 4.98 Å². The van der Waals surface area contributed by atoms with E-state index in [1.165, 1.54) is 42.8 Å². The Bertz CT molecular complexity index is 577. The van der Waals surface area contributed by atoms with E-state index in [9.17, 15) is 0 Å². The molecule has 102 valence electrons. The summed E-state index contributed by atoms with van der Waals surface area (Å²) in [5, 5.41) is 3.73. The topological polar surface area (TPSA) is 29.3 Å². The van der Waals surface area contributed by atoms with Crippen LogP contribution in [0.2, 0.25) is 0 Å². The van der Waals surface area contributed by atoms with Gasteiger partial charge in [-0.3, -0.25) is 4.40 Å². The molecule has 3 heteroatoms. The lowest BCUT2D eigenvalue weighted by Crippen LogP contribution is -2.17. The fraction of sp³-hybridized carbons (Fsp3) is 0.562. The number of nitrogens with one attached hydrogen (secondary N) is 1. The highest BCUT2D eigenvalue weighted by atomic mass is 15.1. The van der Waals surface area contributed by atoms with Gasteiger partial charge in [-0.2, -0.15) is 0 Å². The summed E-state index contributed by atoms with van der Waals surface area (Å²) in [5.41, 5.74) is 3.52. The van der Waals surface area contributed by atoms with E-state index in [0.29, 0.717) is 12.0 Å². The van der Waals surface area contributed by atoms with Crippen LogP contribution < -0.4 is 5.32 Å². The van der Waals surface area contributed by atoms with Gasteiger partial charge in [-0.15, -0.1) is 0 Å². The van der Waals surface area contributed by atoms with Crippen LogP contribution in [0.4, 0.5) is 5.82 Å². The standard InChI is InChI=1S/C16H23N3/c1-11(2)15-16(17-13-6-4-5-7-13)19-9-8-12(3)10-14(19)18-15/h8-11,13,17H,4-7H2,1-3H3. The molecule has 0 aliphatic heterocycles. The minimum absolute atomic E-state index is 0.448. The number of rotatable bonds is 3. The highest BCUT2D eigenvalue weighted by Gasteiger charge is 2.20. The van der Waals surface area contributed by atoms with Crippen molar-refractivity contribution in [1.82, 2.24) is 9.38 Å². The fourth-order valence-electron chi connectivity index (χ4n) is 2.97. The van der Waals surface area contributed by atoms with Crippen molar-refractivity contribution in [3.8, 4) is 0 Å². The highest BCUT2D eigenvalue weighted by Crippen LogP contribution is 2.29. The monoisotopic (exact) mass is 257 g/mol. The van der Waals surface area contributed by atoms with Crippen molar-refractivity contribution in [3.05, 3.63) is 29.6 Å². The van der Waals surface area contributed by atoms with Crippen molar-refractivity contribution in [3.63, 3.8) is 0 Å². The summed E-state index contributed by atoms with van der Waals surface area (Å²) >= 11 is 0. The predicted octanol–water partition coefficient (Wildman–Crippen LogP) is 4.12. The molecule has 2 heterocycles. The third-order valence-electron chi connectivity index (χ3n) is 4.05. The van der Waals surface area contributed by atoms with Crippen LogP contribution in [0.15, 0.2) is 18.3 Å². The summed E-state index contributed by atoms with van der Waals surface area (Å²) in [7, 11) is 0. The number of fused-ring (bicyclic) bond motifs is 1. The van der Waals surface area contributed by atoms with Gasteiger partial charge in [0.15, 0.2) is 0 Å². The van der Waals surface area contributed by atoms with E-state index >= 15 is 0 Å². The molecule has 0 aromatic carbocycles. The van der Waals surface area contributed by atoms with Crippen molar-refractivity contribution in [1.29, 1.82) is 0 Å². The van der Waals surface area contributed by atoms with Gasteiger partial charge >= 0.3 is 0 Å². The van der Waals surface area contributed by atoms with Crippen LogP contribution in [0.3, 0.4) is 0 Å². The molecule has 0 amide bonds. The molecule has 1 saturated carbocycles. The Kier molecular flexibility index (Phi) is 3.21. The van der Waals surface area contributed by atoms with Crippen LogP contribution in [0.25, 0.3) is 5.65 Å². The summed E-state index contributed by atoms with van der Waals surface area (Å²) in [6.07, 6.45) is 7.42. The van der Waals surface area contributed by atoms with Crippen LogP contribution in [-0.2, 0) is 0 Å². The second-order valence-electron chi connectivity index (χ2n) is 6.06. The molecule has 0 bridgehead atoms. The molecule has 0 atom stereocenters. The summed E-state index contributed by atoms with van der Waals surface area (Å²) in [6.45, 7) is 6.55. The number of hydrogen-bond donors (Lipinski definition) is 1. The smallest absolute Gasteiger partial charge is 0.138 e. The maximum Gasteiger partial charge on any atom is 0.138 e. The second-order valence-corrected chi connectivity index (χ2v) is 6.06. The Morgan fingerprint density at radius 1 is 1.32 bits per heavy atom. The van der Waals surface area contributed by atoms with Gasteiger partial charge in [-0.25, -0.2) is 4.98 Å². The van der Waals surface area contributed by atoms with Gasteiger partial charge in [-0.05, 0) is 43.4 Å². The lowest BCUT2D eigenvalue weighted by Gasteiger charge is -2.15. The van der Waals surface area contributed by atoms with Crippen molar-refractivity contribution < 1.29 is 0 Å². The van der Waals surface area contributed by atoms with E-state index in [2.05, 4.69) is 48.8 Å². The Morgan fingerprint density at radius 2 is 2.05 bits per heavy atom. The molecule has 2 aromatic rings. The van der Waals surface area contributed by atoms with E-state index in [0.717, 1.165) is 5.65 Å². The van der Waals surface area contributed by atoms with Gasteiger partial charge in [-0.1, -0.05) is 26.7 Å². The lowest BCUT2D eigenvalue weighted by molar-refractivity contribution is 0.740. The normalized spacial score (nSPS) is 16.6. The number of aromatic nitrogens is 2. The average molecular weight is 257 g/mol. The molecular weight excluding hydrogens is 234 g/mol. The number of pyridine rings is 1. The van der Waals surface area contributed by atoms with Crippen molar-refractivity contribution >= 4 is 11.5 Å². The van der Waals surface area contributed by atoms with Gasteiger partial charge in [0.05, 0.1) is 5.69 Å². The van der Waals surface area contributed by atoms with Crippen molar-refractivity contribution in [2.24, 2.45) is 0 Å². The van der Waals surface area contributed by atoms with Gasteiger partial charge in [0.2, 0.25) is 0 Å². The molecule has 0 unspecified atom stereocenters. The first-order valence-corrected chi connectivity index (χ1v) is 7.40. The van der Waals surface area contributed by atoms with E-state index in [1.807, 2.05) is 0 Å². The maximum atomic E-state index is 4.82. The van der Waals surface area contributed by atoms with E-state index in [-0.39, 0.29) is 0 Å². The molecule has 1 aliphatic rings. The van der Waals surface area contributed by atoms with Gasteiger partial charge in [0.1, 0.15) is 11.5 Å². The fourth-order valence-corrected chi connectivity index (χ4v) is 2.97. The van der Waals surface area contributed by atoms with Gasteiger partial charge < -0.3 is 5.32 Å². The number of nitrogens with zero attached hydrogens (tertiary/aromatic N) is 2. The second kappa shape index (κ2) is 4.87. The molecule has 0 radical (unpaired) electrons. The molecule has 3 nitrogen and oxygen atoms in total. The zero-order valence-corrected chi connectivity index (χ0v) is 12.1. The number of anilines is 1. The SMILES string of the molecule is Cc1ccn2c(NC3CCCC3)c(C(C)C)nc2c1. The summed E-state index contributed by atoms with van der Waals surface area (Å²) in [4.78, 5) is 4.82. The van der Waals surface area contributed by atoms with Gasteiger partial charge in [0, 0.05) is 12.2 Å². The number of hydrogen-bond acceptors (Lipinski definition) is 2. The third kappa shape index (κ3) is 2.34. The van der Waals surface area contributed by atoms with E-state index in [1.54, 1.807) is 0 Å². The van der Waals surface area contributed by atoms with Crippen LogP contribution >= 0.6 is 0 Å². The average Bonchev–Trinajstić information content (AvgIpc) is 2.97. The first kappa shape index (κ1) is 12.5. The zero-order chi connectivity index (χ0) is 13.4. The van der Waals surface area contributed by atoms with Crippen molar-refractivity contribution in [2.45, 2.75) is 58.4 Å². The number of imidazole rings is 1. The molecule has 19 heavy (non-hydrogen) atoms. The molecule has 3 rings (SSSR count). The Labute approximate surface area is 115 Å². The molecule has 0 spiro atoms. The third-order valence-corrected chi connectivity index (χ3v) is 4.05. The first-order valence-electron chi connectivity index (χ1n) is 7.40. The molecular formula is C16H23N3. The van der Waals surface area contributed by atoms with E-state index < -0.39 is 0 Å². The van der Waals surface area contributed by atoms with Crippen LogP contribution in [0.1, 0.15) is 56.7 Å². The quantitative estimate of drug-likeness (QED) is 0.896. The lowest BCUT2D eigenvalue weighted by atomic mass is 10.1. The molecule has 1 aliphatic carbocycles. The summed E-state index contributed by atoms with van der Waals surface area (Å²) in [5.74, 6) is 1.65. The summed E-state index contributed by atoms with van der Waals surface area (Å²) in [6, 6.07) is 4.93. The predicted molar refractivity (Wildman–Crippen MR) is 79.9 cm³/mol. The van der Waals surface area contributed by atoms with Crippen molar-refractivity contribution in [2.75, 3.05) is 5.32 Å². The Morgan fingerprint density at radius 3 is 2.74 bits per heavy atom. The van der Waals surface area contributed by atoms with Crippen LogP contribution in [-0.4, -0.2) is 15.4 Å². The Balaban J connectivity index is 2.05.